The Hall–Kier alpha value is -5.08. The van der Waals surface area contributed by atoms with Crippen LogP contribution in [0.5, 0.6) is 0 Å². The van der Waals surface area contributed by atoms with E-state index in [1.807, 2.05) is 13.8 Å². The average molecular weight is 630 g/mol. The predicted octanol–water partition coefficient (Wildman–Crippen LogP) is 0.389. The smallest absolute Gasteiger partial charge is 0.303 e. The minimum Gasteiger partial charge on any atom is -0.481 e. The summed E-state index contributed by atoms with van der Waals surface area (Å²) in [5, 5.41) is 19.3. The van der Waals surface area contributed by atoms with Crippen molar-refractivity contribution in [2.24, 2.45) is 5.92 Å². The second kappa shape index (κ2) is 17.3. The van der Waals surface area contributed by atoms with Gasteiger partial charge in [0.1, 0.15) is 24.7 Å². The molecule has 1 aromatic rings. The second-order valence-corrected chi connectivity index (χ2v) is 10.9. The summed E-state index contributed by atoms with van der Waals surface area (Å²) in [5.74, 6) is -5.52. The van der Waals surface area contributed by atoms with Gasteiger partial charge in [-0.1, -0.05) is 26.0 Å². The summed E-state index contributed by atoms with van der Waals surface area (Å²) in [6.45, 7) is 6.24. The molecule has 1 aliphatic rings. The third-order valence-corrected chi connectivity index (χ3v) is 6.52. The number of benzene rings is 1. The highest BCUT2D eigenvalue weighted by Crippen LogP contribution is 2.13. The quantitative estimate of drug-likeness (QED) is 0.118. The lowest BCUT2D eigenvalue weighted by atomic mass is 10.0. The number of imide groups is 1. The third-order valence-electron chi connectivity index (χ3n) is 6.52. The molecule has 0 radical (unpaired) electrons. The van der Waals surface area contributed by atoms with E-state index in [-0.39, 0.29) is 38.3 Å². The first-order valence-electron chi connectivity index (χ1n) is 14.3. The van der Waals surface area contributed by atoms with Crippen LogP contribution in [-0.4, -0.2) is 82.1 Å². The number of amides is 6. The molecule has 1 aliphatic heterocycles. The van der Waals surface area contributed by atoms with E-state index in [1.54, 1.807) is 24.3 Å². The topological polar surface area (TPSA) is 217 Å². The summed E-state index contributed by atoms with van der Waals surface area (Å²) >= 11 is 0. The van der Waals surface area contributed by atoms with Crippen molar-refractivity contribution in [2.75, 3.05) is 11.9 Å². The number of nitrogens with one attached hydrogen (secondary N) is 4. The van der Waals surface area contributed by atoms with Crippen LogP contribution in [0.15, 0.2) is 36.4 Å². The van der Waals surface area contributed by atoms with E-state index in [4.69, 9.17) is 9.84 Å². The Morgan fingerprint density at radius 2 is 1.44 bits per heavy atom. The summed E-state index contributed by atoms with van der Waals surface area (Å²) in [5.41, 5.74) is 1.16. The van der Waals surface area contributed by atoms with E-state index >= 15 is 0 Å². The Labute approximate surface area is 260 Å². The molecular weight excluding hydrogens is 590 g/mol. The van der Waals surface area contributed by atoms with Crippen LogP contribution in [0.4, 0.5) is 5.69 Å². The van der Waals surface area contributed by atoms with Gasteiger partial charge in [0.2, 0.25) is 23.6 Å². The highest BCUT2D eigenvalue weighted by Gasteiger charge is 2.29. The molecule has 1 aromatic carbocycles. The molecule has 0 saturated carbocycles. The van der Waals surface area contributed by atoms with Gasteiger partial charge in [0.15, 0.2) is 0 Å². The minimum absolute atomic E-state index is 0.00888. The van der Waals surface area contributed by atoms with Crippen molar-refractivity contribution >= 4 is 53.1 Å². The molecule has 0 aromatic heterocycles. The summed E-state index contributed by atoms with van der Waals surface area (Å²) in [6.07, 6.45) is 1.33. The fraction of sp³-hybridized carbons (Fsp3) is 0.467. The Bertz CT molecular complexity index is 1310. The van der Waals surface area contributed by atoms with Crippen LogP contribution in [0.3, 0.4) is 0 Å². The van der Waals surface area contributed by atoms with Crippen LogP contribution in [0.1, 0.15) is 58.9 Å². The molecule has 0 bridgehead atoms. The number of hydrogen-bond donors (Lipinski definition) is 5. The van der Waals surface area contributed by atoms with E-state index in [2.05, 4.69) is 21.3 Å². The lowest BCUT2D eigenvalue weighted by molar-refractivity contribution is -0.142. The molecule has 45 heavy (non-hydrogen) atoms. The summed E-state index contributed by atoms with van der Waals surface area (Å²) in [7, 11) is 0. The van der Waals surface area contributed by atoms with Crippen LogP contribution in [0.25, 0.3) is 0 Å². The van der Waals surface area contributed by atoms with Gasteiger partial charge in [-0.2, -0.15) is 0 Å². The first kappa shape index (κ1) is 36.1. The van der Waals surface area contributed by atoms with Gasteiger partial charge in [-0.05, 0) is 43.4 Å². The van der Waals surface area contributed by atoms with Crippen LogP contribution in [0.2, 0.25) is 0 Å². The number of rotatable bonds is 17. The Morgan fingerprint density at radius 3 is 2.00 bits per heavy atom. The molecule has 2 rings (SSSR count). The molecule has 15 heteroatoms. The van der Waals surface area contributed by atoms with E-state index < -0.39 is 71.9 Å². The Morgan fingerprint density at radius 1 is 0.822 bits per heavy atom. The van der Waals surface area contributed by atoms with Gasteiger partial charge in [0, 0.05) is 44.1 Å². The molecule has 3 atom stereocenters. The Balaban J connectivity index is 2.00. The van der Waals surface area contributed by atoms with E-state index in [9.17, 15) is 38.4 Å². The second-order valence-electron chi connectivity index (χ2n) is 10.9. The first-order chi connectivity index (χ1) is 21.2. The molecule has 0 aliphatic carbocycles. The first-order valence-corrected chi connectivity index (χ1v) is 14.3. The zero-order valence-corrected chi connectivity index (χ0v) is 25.6. The number of hydrogen-bond acceptors (Lipinski definition) is 9. The summed E-state index contributed by atoms with van der Waals surface area (Å²) < 4.78 is 4.94. The monoisotopic (exact) mass is 629 g/mol. The van der Waals surface area contributed by atoms with Crippen molar-refractivity contribution in [3.8, 4) is 0 Å². The van der Waals surface area contributed by atoms with Crippen molar-refractivity contribution in [3.05, 3.63) is 42.0 Å². The number of carbonyl (C=O) groups excluding carboxylic acids is 7. The number of esters is 1. The Kier molecular flexibility index (Phi) is 13.9. The van der Waals surface area contributed by atoms with Crippen LogP contribution in [-0.2, 0) is 49.7 Å². The predicted molar refractivity (Wildman–Crippen MR) is 159 cm³/mol. The normalized spacial score (nSPS) is 14.4. The maximum absolute atomic E-state index is 13.1. The van der Waals surface area contributed by atoms with Gasteiger partial charge >= 0.3 is 11.9 Å². The molecule has 0 unspecified atom stereocenters. The van der Waals surface area contributed by atoms with Crippen LogP contribution < -0.4 is 21.3 Å². The number of ether oxygens (including phenoxy) is 1. The number of nitrogens with zero attached hydrogens (tertiary/aromatic N) is 1. The van der Waals surface area contributed by atoms with E-state index in [0.717, 1.165) is 17.1 Å². The fourth-order valence-electron chi connectivity index (χ4n) is 4.15. The van der Waals surface area contributed by atoms with E-state index in [1.165, 1.54) is 13.8 Å². The molecule has 15 nitrogen and oxygen atoms in total. The average Bonchev–Trinajstić information content (AvgIpc) is 3.29. The van der Waals surface area contributed by atoms with Gasteiger partial charge in [0.05, 0.1) is 0 Å². The molecule has 5 N–H and O–H groups in total. The third kappa shape index (κ3) is 12.6. The molecule has 1 heterocycles. The van der Waals surface area contributed by atoms with Crippen molar-refractivity contribution in [1.82, 2.24) is 20.9 Å². The van der Waals surface area contributed by atoms with Crippen molar-refractivity contribution in [3.63, 3.8) is 0 Å². The minimum atomic E-state index is -1.33. The van der Waals surface area contributed by atoms with Crippen molar-refractivity contribution in [2.45, 2.75) is 78.1 Å². The van der Waals surface area contributed by atoms with Crippen molar-refractivity contribution < 1.29 is 48.2 Å². The standard InChI is InChI=1S/C30H39N5O10/c1-17(2)15-23(30(44)32-21-7-5-20(6-8-21)16-45-19(4)36)34-28(42)18(3)31-29(43)22(9-12-27(40)41)33-24(37)13-14-35-25(38)10-11-26(35)39/h5-8,10-11,17-18,22-23H,9,12-16H2,1-4H3,(H,31,43)(H,32,44)(H,33,37)(H,34,42)(H,40,41)/t18-,22-,23-/m0/s1. The molecule has 0 fully saturated rings. The summed E-state index contributed by atoms with van der Waals surface area (Å²) in [6, 6.07) is 3.13. The van der Waals surface area contributed by atoms with E-state index in [0.29, 0.717) is 11.3 Å². The lowest BCUT2D eigenvalue weighted by Crippen LogP contribution is -2.55. The van der Waals surface area contributed by atoms with Crippen LogP contribution >= 0.6 is 0 Å². The maximum Gasteiger partial charge on any atom is 0.303 e. The number of carboxylic acid groups (broad SMARTS) is 1. The van der Waals surface area contributed by atoms with Gasteiger partial charge in [-0.15, -0.1) is 0 Å². The molecule has 0 saturated heterocycles. The SMILES string of the molecule is CC(=O)OCc1ccc(NC(=O)[C@H](CC(C)C)NC(=O)[C@H](C)NC(=O)[C@H](CCC(=O)O)NC(=O)CCN2C(=O)C=CC2=O)cc1. The largest absolute Gasteiger partial charge is 0.481 e. The zero-order chi connectivity index (χ0) is 33.7. The van der Waals surface area contributed by atoms with Gasteiger partial charge in [-0.3, -0.25) is 43.3 Å². The lowest BCUT2D eigenvalue weighted by Gasteiger charge is -2.24. The number of carboxylic acids is 1. The van der Waals surface area contributed by atoms with Crippen LogP contribution in [0, 0.1) is 5.92 Å². The number of aliphatic carboxylic acids is 1. The maximum atomic E-state index is 13.1. The fourth-order valence-corrected chi connectivity index (χ4v) is 4.15. The molecule has 244 valence electrons. The summed E-state index contributed by atoms with van der Waals surface area (Å²) in [4.78, 5) is 97.9. The molecule has 6 amide bonds. The highest BCUT2D eigenvalue weighted by atomic mass is 16.5. The molecule has 0 spiro atoms. The zero-order valence-electron chi connectivity index (χ0n) is 25.6. The molecular formula is C30H39N5O10. The number of carbonyl (C=O) groups is 8. The van der Waals surface area contributed by atoms with Gasteiger partial charge < -0.3 is 31.1 Å². The highest BCUT2D eigenvalue weighted by molar-refractivity contribution is 6.13. The van der Waals surface area contributed by atoms with Crippen molar-refractivity contribution in [1.29, 1.82) is 0 Å². The number of anilines is 1. The van der Waals surface area contributed by atoms with Gasteiger partial charge in [-0.25, -0.2) is 0 Å². The van der Waals surface area contributed by atoms with Gasteiger partial charge in [0.25, 0.3) is 11.8 Å².